The van der Waals surface area contributed by atoms with E-state index in [0.29, 0.717) is 0 Å². The van der Waals surface area contributed by atoms with Crippen LogP contribution in [0.1, 0.15) is 22.8 Å². The second kappa shape index (κ2) is 3.46. The van der Waals surface area contributed by atoms with Gasteiger partial charge in [-0.1, -0.05) is 11.6 Å². The van der Waals surface area contributed by atoms with Crippen molar-refractivity contribution in [2.24, 2.45) is 0 Å². The maximum atomic E-state index is 11.0. The number of Topliss-reactive ketones (excluding diaryl/α,β-unsaturated/α-hetero) is 1. The van der Waals surface area contributed by atoms with E-state index in [0.717, 1.165) is 0 Å². The number of hydrogen-bond donors (Lipinski definition) is 1. The summed E-state index contributed by atoms with van der Waals surface area (Å²) < 4.78 is 0. The summed E-state index contributed by atoms with van der Waals surface area (Å²) in [6.07, 6.45) is 0. The number of ketones is 1. The molecule has 0 atom stereocenters. The van der Waals surface area contributed by atoms with Gasteiger partial charge in [-0.05, 0) is 19.1 Å². The van der Waals surface area contributed by atoms with Crippen LogP contribution in [0.2, 0.25) is 5.02 Å². The molecule has 0 aliphatic carbocycles. The zero-order valence-electron chi connectivity index (χ0n) is 6.84. The fourth-order valence-electron chi connectivity index (χ4n) is 0.930. The Labute approximate surface area is 80.2 Å². The summed E-state index contributed by atoms with van der Waals surface area (Å²) in [6, 6.07) is 4.39. The summed E-state index contributed by atoms with van der Waals surface area (Å²) in [6.45, 7) is 1.32. The van der Waals surface area contributed by atoms with E-state index in [4.69, 9.17) is 16.9 Å². The normalized spacial score (nSPS) is 9.31. The van der Waals surface area contributed by atoms with Gasteiger partial charge in [0, 0.05) is 5.56 Å². The first-order valence-corrected chi connectivity index (χ1v) is 3.87. The van der Waals surface area contributed by atoms with Crippen molar-refractivity contribution in [3.63, 3.8) is 0 Å². The first-order chi connectivity index (χ1) is 6.06. The maximum absolute atomic E-state index is 11.0. The quantitative estimate of drug-likeness (QED) is 0.699. The van der Waals surface area contributed by atoms with Crippen LogP contribution >= 0.6 is 11.6 Å². The number of rotatable bonds is 1. The van der Waals surface area contributed by atoms with Gasteiger partial charge in [-0.3, -0.25) is 4.79 Å². The summed E-state index contributed by atoms with van der Waals surface area (Å²) in [7, 11) is 0. The number of carbonyl (C=O) groups excluding carboxylic acids is 1. The Balaban J connectivity index is 3.44. The van der Waals surface area contributed by atoms with Crippen LogP contribution in [-0.2, 0) is 0 Å². The third kappa shape index (κ3) is 1.79. The summed E-state index contributed by atoms with van der Waals surface area (Å²) in [4.78, 5) is 11.0. The Hall–Kier alpha value is -1.53. The molecule has 0 heterocycles. The number of phenols is 1. The van der Waals surface area contributed by atoms with Crippen molar-refractivity contribution in [3.8, 4) is 11.8 Å². The van der Waals surface area contributed by atoms with Gasteiger partial charge in [0.1, 0.15) is 5.75 Å². The van der Waals surface area contributed by atoms with E-state index in [2.05, 4.69) is 0 Å². The van der Waals surface area contributed by atoms with E-state index in [1.807, 2.05) is 6.07 Å². The van der Waals surface area contributed by atoms with Crippen LogP contribution in [0.4, 0.5) is 0 Å². The first-order valence-electron chi connectivity index (χ1n) is 3.50. The number of aromatic hydroxyl groups is 1. The Bertz CT molecular complexity index is 407. The molecule has 0 aromatic heterocycles. The van der Waals surface area contributed by atoms with E-state index in [9.17, 15) is 9.90 Å². The molecule has 1 rings (SSSR count). The number of halogens is 1. The average molecular weight is 196 g/mol. The molecule has 0 unspecified atom stereocenters. The van der Waals surface area contributed by atoms with Gasteiger partial charge >= 0.3 is 0 Å². The minimum absolute atomic E-state index is 0.00787. The van der Waals surface area contributed by atoms with E-state index < -0.39 is 0 Å². The predicted octanol–water partition coefficient (Wildman–Crippen LogP) is 2.12. The summed E-state index contributed by atoms with van der Waals surface area (Å²) in [5, 5.41) is 17.8. The van der Waals surface area contributed by atoms with Crippen molar-refractivity contribution in [2.45, 2.75) is 6.92 Å². The molecule has 1 N–H and O–H groups in total. The SMILES string of the molecule is CC(=O)c1cc(C#N)cc(O)c1Cl. The zero-order valence-corrected chi connectivity index (χ0v) is 7.59. The monoisotopic (exact) mass is 195 g/mol. The van der Waals surface area contributed by atoms with Gasteiger partial charge in [0.25, 0.3) is 0 Å². The van der Waals surface area contributed by atoms with Crippen molar-refractivity contribution in [1.82, 2.24) is 0 Å². The fourth-order valence-corrected chi connectivity index (χ4v) is 1.17. The molecule has 4 heteroatoms. The molecule has 0 spiro atoms. The van der Waals surface area contributed by atoms with Gasteiger partial charge in [-0.25, -0.2) is 0 Å². The van der Waals surface area contributed by atoms with Crippen LogP contribution in [0.5, 0.6) is 5.75 Å². The number of benzene rings is 1. The zero-order chi connectivity index (χ0) is 10.0. The number of hydrogen-bond acceptors (Lipinski definition) is 3. The predicted molar refractivity (Wildman–Crippen MR) is 47.8 cm³/mol. The van der Waals surface area contributed by atoms with Crippen molar-refractivity contribution in [2.75, 3.05) is 0 Å². The van der Waals surface area contributed by atoms with Crippen LogP contribution in [0, 0.1) is 11.3 Å². The number of phenolic OH excluding ortho intramolecular Hbond substituents is 1. The minimum atomic E-state index is -0.280. The molecule has 0 saturated heterocycles. The Morgan fingerprint density at radius 3 is 2.69 bits per heavy atom. The highest BCUT2D eigenvalue weighted by Crippen LogP contribution is 2.28. The van der Waals surface area contributed by atoms with E-state index in [1.54, 1.807) is 0 Å². The van der Waals surface area contributed by atoms with Crippen LogP contribution in [0.25, 0.3) is 0 Å². The average Bonchev–Trinajstić information content (AvgIpc) is 2.09. The van der Waals surface area contributed by atoms with Gasteiger partial charge in [0.15, 0.2) is 5.78 Å². The largest absolute Gasteiger partial charge is 0.506 e. The lowest BCUT2D eigenvalue weighted by Crippen LogP contribution is -1.94. The molecule has 0 aliphatic heterocycles. The molecule has 0 amide bonds. The van der Waals surface area contributed by atoms with Crippen molar-refractivity contribution in [3.05, 3.63) is 28.3 Å². The van der Waals surface area contributed by atoms with Crippen LogP contribution in [-0.4, -0.2) is 10.9 Å². The second-order valence-corrected chi connectivity index (χ2v) is 2.90. The minimum Gasteiger partial charge on any atom is -0.506 e. The Kier molecular flexibility index (Phi) is 2.54. The van der Waals surface area contributed by atoms with E-state index in [-0.39, 0.29) is 27.7 Å². The molecule has 0 saturated carbocycles. The van der Waals surface area contributed by atoms with Gasteiger partial charge in [-0.15, -0.1) is 0 Å². The summed E-state index contributed by atoms with van der Waals surface area (Å²) in [5.74, 6) is -0.525. The third-order valence-electron chi connectivity index (χ3n) is 1.56. The highest BCUT2D eigenvalue weighted by atomic mass is 35.5. The highest BCUT2D eigenvalue weighted by molar-refractivity contribution is 6.35. The van der Waals surface area contributed by atoms with Crippen molar-refractivity contribution >= 4 is 17.4 Å². The van der Waals surface area contributed by atoms with Gasteiger partial charge < -0.3 is 5.11 Å². The standard InChI is InChI=1S/C9H6ClNO2/c1-5(12)7-2-6(4-11)3-8(13)9(7)10/h2-3,13H,1H3. The molecule has 66 valence electrons. The summed E-state index contributed by atoms with van der Waals surface area (Å²) >= 11 is 5.64. The number of carbonyl (C=O) groups is 1. The van der Waals surface area contributed by atoms with Crippen LogP contribution in [0.15, 0.2) is 12.1 Å². The molecule has 0 bridgehead atoms. The van der Waals surface area contributed by atoms with Crippen LogP contribution in [0.3, 0.4) is 0 Å². The molecule has 13 heavy (non-hydrogen) atoms. The van der Waals surface area contributed by atoms with Gasteiger partial charge in [0.05, 0.1) is 16.7 Å². The molecule has 0 aliphatic rings. The molecule has 3 nitrogen and oxygen atoms in total. The molecular weight excluding hydrogens is 190 g/mol. The molecule has 0 fully saturated rings. The molecular formula is C9H6ClNO2. The van der Waals surface area contributed by atoms with E-state index in [1.165, 1.54) is 19.1 Å². The number of nitrogens with zero attached hydrogens (tertiary/aromatic N) is 1. The third-order valence-corrected chi connectivity index (χ3v) is 1.96. The topological polar surface area (TPSA) is 61.1 Å². The maximum Gasteiger partial charge on any atom is 0.161 e. The lowest BCUT2D eigenvalue weighted by molar-refractivity contribution is 0.101. The summed E-state index contributed by atoms with van der Waals surface area (Å²) in [5.41, 5.74) is 0.380. The first kappa shape index (κ1) is 9.56. The fraction of sp³-hybridized carbons (Fsp3) is 0.111. The van der Waals surface area contributed by atoms with Crippen molar-refractivity contribution in [1.29, 1.82) is 5.26 Å². The lowest BCUT2D eigenvalue weighted by Gasteiger charge is -2.02. The van der Waals surface area contributed by atoms with Gasteiger partial charge in [0.2, 0.25) is 0 Å². The van der Waals surface area contributed by atoms with E-state index >= 15 is 0 Å². The molecule has 1 aromatic rings. The molecule has 1 aromatic carbocycles. The second-order valence-electron chi connectivity index (χ2n) is 2.52. The highest BCUT2D eigenvalue weighted by Gasteiger charge is 2.11. The van der Waals surface area contributed by atoms with Gasteiger partial charge in [-0.2, -0.15) is 5.26 Å². The lowest BCUT2D eigenvalue weighted by atomic mass is 10.1. The number of nitriles is 1. The Morgan fingerprint density at radius 1 is 1.62 bits per heavy atom. The Morgan fingerprint density at radius 2 is 2.23 bits per heavy atom. The molecule has 0 radical (unpaired) electrons. The van der Waals surface area contributed by atoms with Crippen LogP contribution < -0.4 is 0 Å². The smallest absolute Gasteiger partial charge is 0.161 e. The van der Waals surface area contributed by atoms with Crippen molar-refractivity contribution < 1.29 is 9.90 Å².